The lowest BCUT2D eigenvalue weighted by Crippen LogP contribution is -2.49. The van der Waals surface area contributed by atoms with Crippen LogP contribution in [0.1, 0.15) is 54.1 Å². The van der Waals surface area contributed by atoms with Gasteiger partial charge in [-0.25, -0.2) is 0 Å². The van der Waals surface area contributed by atoms with Crippen molar-refractivity contribution < 1.29 is 4.79 Å². The normalized spacial score (nSPS) is 26.7. The Bertz CT molecular complexity index is 492. The molecule has 19 heavy (non-hydrogen) atoms. The molecule has 2 rings (SSSR count). The van der Waals surface area contributed by atoms with Gasteiger partial charge < -0.3 is 5.32 Å². The van der Waals surface area contributed by atoms with Crippen molar-refractivity contribution in [3.8, 4) is 6.07 Å². The molecular weight excluding hydrogens is 256 g/mol. The number of hydrogen-bond acceptors (Lipinski definition) is 3. The summed E-state index contributed by atoms with van der Waals surface area (Å²) < 4.78 is 0. The molecule has 3 nitrogen and oxygen atoms in total. The monoisotopic (exact) mass is 276 g/mol. The number of rotatable bonds is 3. The van der Waals surface area contributed by atoms with Crippen LogP contribution in [0.2, 0.25) is 0 Å². The fraction of sp³-hybridized carbons (Fsp3) is 0.600. The molecule has 4 heteroatoms. The minimum atomic E-state index is -0.653. The van der Waals surface area contributed by atoms with Crippen molar-refractivity contribution in [1.29, 1.82) is 5.26 Å². The fourth-order valence-electron chi connectivity index (χ4n) is 2.49. The number of aryl methyl sites for hydroxylation is 1. The molecule has 0 unspecified atom stereocenters. The van der Waals surface area contributed by atoms with Gasteiger partial charge in [0.05, 0.1) is 10.9 Å². The van der Waals surface area contributed by atoms with Crippen molar-refractivity contribution in [2.24, 2.45) is 5.92 Å². The van der Waals surface area contributed by atoms with Crippen LogP contribution in [0, 0.1) is 17.2 Å². The lowest BCUT2D eigenvalue weighted by atomic mass is 9.78. The van der Waals surface area contributed by atoms with Crippen LogP contribution in [0.15, 0.2) is 12.1 Å². The number of thiophene rings is 1. The molecule has 1 aliphatic rings. The summed E-state index contributed by atoms with van der Waals surface area (Å²) in [6, 6.07) is 6.18. The third-order valence-corrected chi connectivity index (χ3v) is 5.16. The predicted octanol–water partition coefficient (Wildman–Crippen LogP) is 3.51. The molecule has 0 radical (unpaired) electrons. The maximum Gasteiger partial charge on any atom is 0.262 e. The molecule has 0 saturated heterocycles. The largest absolute Gasteiger partial charge is 0.333 e. The number of carbonyl (C=O) groups excluding carboxylic acids is 1. The van der Waals surface area contributed by atoms with Crippen LogP contribution in [0.5, 0.6) is 0 Å². The van der Waals surface area contributed by atoms with Crippen LogP contribution in [0.25, 0.3) is 0 Å². The Kier molecular flexibility index (Phi) is 4.26. The lowest BCUT2D eigenvalue weighted by Gasteiger charge is -2.34. The molecule has 1 aromatic heterocycles. The van der Waals surface area contributed by atoms with E-state index in [1.807, 2.05) is 12.1 Å². The average molecular weight is 276 g/mol. The summed E-state index contributed by atoms with van der Waals surface area (Å²) in [7, 11) is 0. The zero-order valence-electron chi connectivity index (χ0n) is 11.5. The zero-order chi connectivity index (χ0) is 13.9. The first kappa shape index (κ1) is 14.1. The number of carbonyl (C=O) groups is 1. The standard InChI is InChI=1S/C15H20N2OS/c1-3-12-4-5-13(19-12)14(18)17-15(10-16)8-6-11(2)7-9-15/h4-5,11H,3,6-9H2,1-2H3,(H,17,18). The Morgan fingerprint density at radius 1 is 1.53 bits per heavy atom. The minimum absolute atomic E-state index is 0.0965. The number of nitrogens with zero attached hydrogens (tertiary/aromatic N) is 1. The lowest BCUT2D eigenvalue weighted by molar-refractivity contribution is 0.0898. The molecular formula is C15H20N2OS. The summed E-state index contributed by atoms with van der Waals surface area (Å²) in [6.45, 7) is 4.28. The van der Waals surface area contributed by atoms with Gasteiger partial charge in [-0.2, -0.15) is 5.26 Å². The van der Waals surface area contributed by atoms with E-state index in [0.29, 0.717) is 10.8 Å². The van der Waals surface area contributed by atoms with Crippen molar-refractivity contribution in [3.05, 3.63) is 21.9 Å². The van der Waals surface area contributed by atoms with E-state index in [1.54, 1.807) is 0 Å². The molecule has 1 fully saturated rings. The molecule has 0 spiro atoms. The second-order valence-electron chi connectivity index (χ2n) is 5.45. The molecule has 1 heterocycles. The van der Waals surface area contributed by atoms with E-state index in [0.717, 1.165) is 32.1 Å². The molecule has 1 saturated carbocycles. The summed E-state index contributed by atoms with van der Waals surface area (Å²) in [4.78, 5) is 14.2. The number of amides is 1. The van der Waals surface area contributed by atoms with E-state index in [9.17, 15) is 10.1 Å². The quantitative estimate of drug-likeness (QED) is 0.918. The van der Waals surface area contributed by atoms with E-state index < -0.39 is 5.54 Å². The molecule has 1 aromatic rings. The van der Waals surface area contributed by atoms with Gasteiger partial charge in [0.1, 0.15) is 5.54 Å². The Morgan fingerprint density at radius 3 is 2.74 bits per heavy atom. The van der Waals surface area contributed by atoms with Gasteiger partial charge in [0, 0.05) is 4.88 Å². The van der Waals surface area contributed by atoms with E-state index in [-0.39, 0.29) is 5.91 Å². The van der Waals surface area contributed by atoms with E-state index in [2.05, 4.69) is 25.2 Å². The van der Waals surface area contributed by atoms with Crippen molar-refractivity contribution in [2.75, 3.05) is 0 Å². The van der Waals surface area contributed by atoms with E-state index >= 15 is 0 Å². The highest BCUT2D eigenvalue weighted by Crippen LogP contribution is 2.32. The predicted molar refractivity (Wildman–Crippen MR) is 77.1 cm³/mol. The maximum absolute atomic E-state index is 12.2. The zero-order valence-corrected chi connectivity index (χ0v) is 12.3. The Morgan fingerprint density at radius 2 is 2.21 bits per heavy atom. The first-order chi connectivity index (χ1) is 9.08. The van der Waals surface area contributed by atoms with Gasteiger partial charge in [-0.3, -0.25) is 4.79 Å². The van der Waals surface area contributed by atoms with Crippen LogP contribution in [-0.2, 0) is 6.42 Å². The highest BCUT2D eigenvalue weighted by molar-refractivity contribution is 7.14. The molecule has 0 atom stereocenters. The van der Waals surface area contributed by atoms with Crippen LogP contribution in [-0.4, -0.2) is 11.4 Å². The third-order valence-electron chi connectivity index (χ3n) is 3.93. The molecule has 0 bridgehead atoms. The second-order valence-corrected chi connectivity index (χ2v) is 6.62. The van der Waals surface area contributed by atoms with Crippen LogP contribution < -0.4 is 5.32 Å². The SMILES string of the molecule is CCc1ccc(C(=O)NC2(C#N)CCC(C)CC2)s1. The topological polar surface area (TPSA) is 52.9 Å². The summed E-state index contributed by atoms with van der Waals surface area (Å²) >= 11 is 1.52. The van der Waals surface area contributed by atoms with Gasteiger partial charge >= 0.3 is 0 Å². The van der Waals surface area contributed by atoms with Crippen LogP contribution >= 0.6 is 11.3 Å². The fourth-order valence-corrected chi connectivity index (χ4v) is 3.33. The van der Waals surface area contributed by atoms with Crippen molar-refractivity contribution >= 4 is 17.2 Å². The van der Waals surface area contributed by atoms with Crippen molar-refractivity contribution in [2.45, 2.75) is 51.5 Å². The first-order valence-corrected chi connectivity index (χ1v) is 7.72. The van der Waals surface area contributed by atoms with Gasteiger partial charge in [0.2, 0.25) is 0 Å². The van der Waals surface area contributed by atoms with Gasteiger partial charge in [-0.1, -0.05) is 13.8 Å². The average Bonchev–Trinajstić information content (AvgIpc) is 2.91. The third kappa shape index (κ3) is 3.16. The van der Waals surface area contributed by atoms with Gasteiger partial charge in [-0.15, -0.1) is 11.3 Å². The number of nitriles is 1. The number of hydrogen-bond donors (Lipinski definition) is 1. The minimum Gasteiger partial charge on any atom is -0.333 e. The van der Waals surface area contributed by atoms with Crippen LogP contribution in [0.3, 0.4) is 0 Å². The molecule has 1 aliphatic carbocycles. The molecule has 0 aromatic carbocycles. The summed E-state index contributed by atoms with van der Waals surface area (Å²) in [5.74, 6) is 0.563. The molecule has 1 amide bonds. The Hall–Kier alpha value is -1.34. The molecule has 1 N–H and O–H groups in total. The number of nitrogens with one attached hydrogen (secondary N) is 1. The smallest absolute Gasteiger partial charge is 0.262 e. The highest BCUT2D eigenvalue weighted by atomic mass is 32.1. The Labute approximate surface area is 118 Å². The van der Waals surface area contributed by atoms with E-state index in [4.69, 9.17) is 0 Å². The van der Waals surface area contributed by atoms with Crippen LogP contribution in [0.4, 0.5) is 0 Å². The van der Waals surface area contributed by atoms with Crippen molar-refractivity contribution in [3.63, 3.8) is 0 Å². The molecule has 0 aliphatic heterocycles. The van der Waals surface area contributed by atoms with Gasteiger partial charge in [0.15, 0.2) is 0 Å². The van der Waals surface area contributed by atoms with Gasteiger partial charge in [-0.05, 0) is 50.2 Å². The van der Waals surface area contributed by atoms with E-state index in [1.165, 1.54) is 16.2 Å². The summed E-state index contributed by atoms with van der Waals surface area (Å²) in [6.07, 6.45) is 4.50. The highest BCUT2D eigenvalue weighted by Gasteiger charge is 2.36. The van der Waals surface area contributed by atoms with Gasteiger partial charge in [0.25, 0.3) is 5.91 Å². The van der Waals surface area contributed by atoms with Crippen molar-refractivity contribution in [1.82, 2.24) is 5.32 Å². The first-order valence-electron chi connectivity index (χ1n) is 6.91. The Balaban J connectivity index is 2.06. The second kappa shape index (κ2) is 5.75. The summed E-state index contributed by atoms with van der Waals surface area (Å²) in [5.41, 5.74) is -0.653. The maximum atomic E-state index is 12.2. The molecule has 102 valence electrons. The summed E-state index contributed by atoms with van der Waals surface area (Å²) in [5, 5.41) is 12.4.